The number of hydrogen-bond donors (Lipinski definition) is 6. The Hall–Kier alpha value is -2.34. The average Bonchev–Trinajstić information content (AvgIpc) is 2.61. The van der Waals surface area contributed by atoms with Crippen LogP contribution in [0, 0.1) is 5.92 Å². The monoisotopic (exact) mass is 434 g/mol. The molecule has 3 atom stereocenters. The normalized spacial score (nSPS) is 13.8. The summed E-state index contributed by atoms with van der Waals surface area (Å²) in [5.41, 5.74) is 5.70. The Morgan fingerprint density at radius 2 is 1.62 bits per heavy atom. The van der Waals surface area contributed by atoms with Crippen molar-refractivity contribution < 1.29 is 34.2 Å². The maximum atomic E-state index is 12.3. The molecule has 12 heteroatoms. The van der Waals surface area contributed by atoms with Crippen LogP contribution < -0.4 is 21.7 Å². The molecule has 0 radical (unpaired) electrons. The van der Waals surface area contributed by atoms with Gasteiger partial charge in [-0.1, -0.05) is 13.8 Å². The Balaban J connectivity index is 4.86. The largest absolute Gasteiger partial charge is 0.481 e. The van der Waals surface area contributed by atoms with Crippen molar-refractivity contribution in [2.75, 3.05) is 18.6 Å². The zero-order chi connectivity index (χ0) is 22.6. The lowest BCUT2D eigenvalue weighted by Gasteiger charge is -2.20. The molecule has 0 aromatic rings. The third-order valence-corrected chi connectivity index (χ3v) is 4.38. The van der Waals surface area contributed by atoms with Gasteiger partial charge in [0, 0.05) is 0 Å². The lowest BCUT2D eigenvalue weighted by atomic mass is 10.0. The van der Waals surface area contributed by atoms with Gasteiger partial charge in [0.15, 0.2) is 0 Å². The average molecular weight is 435 g/mol. The van der Waals surface area contributed by atoms with Gasteiger partial charge >= 0.3 is 11.9 Å². The Labute approximate surface area is 173 Å². The fraction of sp³-hybridized carbons (Fsp3) is 0.706. The molecule has 3 unspecified atom stereocenters. The molecule has 0 spiro atoms. The first-order chi connectivity index (χ1) is 13.5. The first-order valence-corrected chi connectivity index (χ1v) is 10.4. The topological polar surface area (TPSA) is 188 Å². The second kappa shape index (κ2) is 13.8. The van der Waals surface area contributed by atoms with Gasteiger partial charge in [0.2, 0.25) is 17.7 Å². The van der Waals surface area contributed by atoms with E-state index in [0.29, 0.717) is 12.2 Å². The van der Waals surface area contributed by atoms with E-state index < -0.39 is 60.8 Å². The first kappa shape index (κ1) is 26.7. The van der Waals surface area contributed by atoms with E-state index >= 15 is 0 Å². The summed E-state index contributed by atoms with van der Waals surface area (Å²) in [5.74, 6) is -4.25. The van der Waals surface area contributed by atoms with Gasteiger partial charge in [-0.05, 0) is 30.8 Å². The van der Waals surface area contributed by atoms with E-state index in [-0.39, 0.29) is 12.3 Å². The maximum Gasteiger partial charge on any atom is 0.326 e. The molecule has 0 aliphatic carbocycles. The number of carboxylic acids is 2. The molecule has 0 aromatic carbocycles. The minimum absolute atomic E-state index is 0.139. The zero-order valence-corrected chi connectivity index (χ0v) is 17.6. The number of carbonyl (C=O) groups excluding carboxylic acids is 3. The van der Waals surface area contributed by atoms with Crippen molar-refractivity contribution in [1.82, 2.24) is 16.0 Å². The van der Waals surface area contributed by atoms with Gasteiger partial charge in [-0.25, -0.2) is 4.79 Å². The lowest BCUT2D eigenvalue weighted by molar-refractivity contribution is -0.143. The number of rotatable bonds is 14. The minimum Gasteiger partial charge on any atom is -0.481 e. The highest BCUT2D eigenvalue weighted by molar-refractivity contribution is 7.98. The molecule has 0 aliphatic rings. The predicted molar refractivity (Wildman–Crippen MR) is 107 cm³/mol. The number of hydrogen-bond acceptors (Lipinski definition) is 7. The second-order valence-corrected chi connectivity index (χ2v) is 7.84. The number of nitrogens with one attached hydrogen (secondary N) is 3. The number of thioether (sulfide) groups is 1. The zero-order valence-electron chi connectivity index (χ0n) is 16.8. The third-order valence-electron chi connectivity index (χ3n) is 3.74. The number of amides is 3. The maximum absolute atomic E-state index is 12.3. The number of carboxylic acid groups (broad SMARTS) is 2. The molecule has 3 amide bonds. The molecule has 0 rings (SSSR count). The molecule has 0 aliphatic heterocycles. The van der Waals surface area contributed by atoms with Gasteiger partial charge in [0.1, 0.15) is 12.1 Å². The van der Waals surface area contributed by atoms with Crippen LogP contribution in [0.25, 0.3) is 0 Å². The fourth-order valence-electron chi connectivity index (χ4n) is 2.31. The number of nitrogens with two attached hydrogens (primary N) is 1. The standard InChI is InChI=1S/C17H30N4O7S/c1-9(2)6-10(18)15(25)19-8-13(22)20-12(7-14(23)24)16(26)21-11(17(27)28)4-5-29-3/h9-12H,4-8,18H2,1-3H3,(H,19,25)(H,20,22)(H,21,26)(H,23,24)(H,27,28). The Morgan fingerprint density at radius 1 is 1.00 bits per heavy atom. The summed E-state index contributed by atoms with van der Waals surface area (Å²) in [6, 6.07) is -3.50. The summed E-state index contributed by atoms with van der Waals surface area (Å²) in [6.07, 6.45) is 1.59. The Bertz CT molecular complexity index is 600. The van der Waals surface area contributed by atoms with E-state index in [0.717, 1.165) is 0 Å². The van der Waals surface area contributed by atoms with Crippen LogP contribution in [-0.2, 0) is 24.0 Å². The van der Waals surface area contributed by atoms with Crippen molar-refractivity contribution in [1.29, 1.82) is 0 Å². The van der Waals surface area contributed by atoms with E-state index in [4.69, 9.17) is 15.9 Å². The first-order valence-electron chi connectivity index (χ1n) is 9.04. The Kier molecular flexibility index (Phi) is 12.7. The fourth-order valence-corrected chi connectivity index (χ4v) is 2.78. The van der Waals surface area contributed by atoms with Crippen LogP contribution in [0.1, 0.15) is 33.1 Å². The highest BCUT2D eigenvalue weighted by atomic mass is 32.2. The van der Waals surface area contributed by atoms with Gasteiger partial charge in [-0.15, -0.1) is 0 Å². The summed E-state index contributed by atoms with van der Waals surface area (Å²) in [6.45, 7) is 3.28. The molecule has 0 fully saturated rings. The third kappa shape index (κ3) is 12.0. The SMILES string of the molecule is CSCCC(NC(=O)C(CC(=O)O)NC(=O)CNC(=O)C(N)CC(C)C)C(=O)O. The van der Waals surface area contributed by atoms with Gasteiger partial charge < -0.3 is 31.9 Å². The Morgan fingerprint density at radius 3 is 2.10 bits per heavy atom. The van der Waals surface area contributed by atoms with E-state index in [1.165, 1.54) is 11.8 Å². The van der Waals surface area contributed by atoms with Crippen molar-refractivity contribution in [3.63, 3.8) is 0 Å². The van der Waals surface area contributed by atoms with E-state index in [1.54, 1.807) is 6.26 Å². The molecular weight excluding hydrogens is 404 g/mol. The van der Waals surface area contributed by atoms with Crippen LogP contribution in [-0.4, -0.2) is 76.6 Å². The quantitative estimate of drug-likeness (QED) is 0.194. The van der Waals surface area contributed by atoms with E-state index in [1.807, 2.05) is 13.8 Å². The molecule has 0 aromatic heterocycles. The van der Waals surface area contributed by atoms with Crippen molar-refractivity contribution in [3.05, 3.63) is 0 Å². The molecule has 29 heavy (non-hydrogen) atoms. The van der Waals surface area contributed by atoms with Gasteiger partial charge in [-0.3, -0.25) is 19.2 Å². The minimum atomic E-state index is -1.49. The number of carbonyl (C=O) groups is 5. The van der Waals surface area contributed by atoms with Gasteiger partial charge in [0.05, 0.1) is 19.0 Å². The summed E-state index contributed by atoms with van der Waals surface area (Å²) in [5, 5.41) is 24.9. The van der Waals surface area contributed by atoms with E-state index in [2.05, 4.69) is 16.0 Å². The molecule has 0 saturated heterocycles. The van der Waals surface area contributed by atoms with Crippen molar-refractivity contribution in [2.24, 2.45) is 11.7 Å². The van der Waals surface area contributed by atoms with Crippen molar-refractivity contribution >= 4 is 41.4 Å². The summed E-state index contributed by atoms with van der Waals surface area (Å²) >= 11 is 1.39. The van der Waals surface area contributed by atoms with Crippen molar-refractivity contribution in [2.45, 2.75) is 51.2 Å². The highest BCUT2D eigenvalue weighted by Crippen LogP contribution is 2.04. The van der Waals surface area contributed by atoms with E-state index in [9.17, 15) is 24.0 Å². The van der Waals surface area contributed by atoms with Crippen LogP contribution in [0.5, 0.6) is 0 Å². The molecule has 0 heterocycles. The second-order valence-electron chi connectivity index (χ2n) is 6.85. The summed E-state index contributed by atoms with van der Waals surface area (Å²) in [4.78, 5) is 58.4. The molecule has 11 nitrogen and oxygen atoms in total. The number of aliphatic carboxylic acids is 2. The van der Waals surface area contributed by atoms with Gasteiger partial charge in [0.25, 0.3) is 0 Å². The molecule has 0 bridgehead atoms. The van der Waals surface area contributed by atoms with Crippen LogP contribution in [0.3, 0.4) is 0 Å². The van der Waals surface area contributed by atoms with Crippen LogP contribution in [0.4, 0.5) is 0 Å². The van der Waals surface area contributed by atoms with Crippen molar-refractivity contribution in [3.8, 4) is 0 Å². The lowest BCUT2D eigenvalue weighted by Crippen LogP contribution is -2.54. The van der Waals surface area contributed by atoms with Crippen LogP contribution in [0.15, 0.2) is 0 Å². The van der Waals surface area contributed by atoms with Crippen LogP contribution >= 0.6 is 11.8 Å². The summed E-state index contributed by atoms with van der Waals surface area (Å²) in [7, 11) is 0. The smallest absolute Gasteiger partial charge is 0.326 e. The van der Waals surface area contributed by atoms with Gasteiger partial charge in [-0.2, -0.15) is 11.8 Å². The molecule has 7 N–H and O–H groups in total. The highest BCUT2D eigenvalue weighted by Gasteiger charge is 2.28. The molecule has 166 valence electrons. The molecular formula is C17H30N4O7S. The predicted octanol–water partition coefficient (Wildman–Crippen LogP) is -1.24. The van der Waals surface area contributed by atoms with Crippen LogP contribution in [0.2, 0.25) is 0 Å². The molecule has 0 saturated carbocycles. The summed E-state index contributed by atoms with van der Waals surface area (Å²) < 4.78 is 0.